The van der Waals surface area contributed by atoms with Gasteiger partial charge in [-0.3, -0.25) is 9.11 Å². The zero-order valence-electron chi connectivity index (χ0n) is 19.2. The Morgan fingerprint density at radius 2 is 1.78 bits per heavy atom. The van der Waals surface area contributed by atoms with Crippen LogP contribution in [0.5, 0.6) is 0 Å². The average molecular weight is 586 g/mol. The quantitative estimate of drug-likeness (QED) is 0.215. The molecule has 3 heterocycles. The Labute approximate surface area is 220 Å². The molecule has 1 aliphatic rings. The van der Waals surface area contributed by atoms with Gasteiger partial charge < -0.3 is 9.32 Å². The maximum Gasteiger partial charge on any atom is 0.265 e. The summed E-state index contributed by atoms with van der Waals surface area (Å²) in [6, 6.07) is 10.0. The standard InChI is InChI=1S/C23H21FN2O7S4/c24-15-3-5-19-17(13-15)25(8-1-11-36(27,28)29)21(34-19)14-22-26(9-2-12-37(30,31)32)23-16-7-10-33-18(16)4-6-20(23)35-22/h3-7,10,13-14H,1-2,8-9,11-12H2,(H-,27,28,29,30,31,32)/p+1. The van der Waals surface area contributed by atoms with E-state index in [1.54, 1.807) is 12.3 Å². The first kappa shape index (κ1) is 26.1. The summed E-state index contributed by atoms with van der Waals surface area (Å²) >= 11 is 2.89. The molecule has 0 aliphatic carbocycles. The number of hydrogen-bond donors (Lipinski definition) is 2. The highest BCUT2D eigenvalue weighted by Crippen LogP contribution is 2.47. The number of aromatic nitrogens is 1. The Morgan fingerprint density at radius 1 is 1.03 bits per heavy atom. The van der Waals surface area contributed by atoms with E-state index < -0.39 is 37.6 Å². The van der Waals surface area contributed by atoms with Gasteiger partial charge in [0.25, 0.3) is 25.2 Å². The first-order valence-electron chi connectivity index (χ1n) is 11.2. The van der Waals surface area contributed by atoms with Gasteiger partial charge in [-0.2, -0.15) is 21.4 Å². The SMILES string of the molecule is O=S(=O)(O)CCCN1C(=Cc2sc3ccc4occc4c3[n+]2CCCS(=O)(=O)O)Sc2ccc(F)cc21. The molecule has 5 rings (SSSR count). The number of aryl methyl sites for hydroxylation is 1. The van der Waals surface area contributed by atoms with E-state index in [4.69, 9.17) is 8.97 Å². The summed E-state index contributed by atoms with van der Waals surface area (Å²) in [7, 11) is -8.28. The Kier molecular flexibility index (Phi) is 7.06. The van der Waals surface area contributed by atoms with Crippen LogP contribution < -0.4 is 9.47 Å². The Bertz CT molecular complexity index is 1740. The molecule has 0 bridgehead atoms. The fourth-order valence-corrected chi connectivity index (χ4v) is 7.61. The Morgan fingerprint density at radius 3 is 2.54 bits per heavy atom. The van der Waals surface area contributed by atoms with Crippen LogP contribution in [0.2, 0.25) is 0 Å². The van der Waals surface area contributed by atoms with Crippen LogP contribution in [-0.4, -0.2) is 44.0 Å². The molecular weight excluding hydrogens is 564 g/mol. The topological polar surface area (TPSA) is 129 Å². The van der Waals surface area contributed by atoms with Gasteiger partial charge in [0.1, 0.15) is 16.1 Å². The summed E-state index contributed by atoms with van der Waals surface area (Å²) in [5.41, 5.74) is 2.14. The van der Waals surface area contributed by atoms with Crippen molar-refractivity contribution in [2.45, 2.75) is 24.3 Å². The van der Waals surface area contributed by atoms with E-state index >= 15 is 0 Å². The molecule has 0 spiro atoms. The van der Waals surface area contributed by atoms with E-state index in [1.165, 1.54) is 35.2 Å². The smallest absolute Gasteiger partial charge is 0.265 e. The molecule has 0 unspecified atom stereocenters. The lowest BCUT2D eigenvalue weighted by molar-refractivity contribution is -0.667. The molecule has 0 fully saturated rings. The van der Waals surface area contributed by atoms with E-state index in [-0.39, 0.29) is 19.4 Å². The summed E-state index contributed by atoms with van der Waals surface area (Å²) in [5.74, 6) is -1.25. The highest BCUT2D eigenvalue weighted by Gasteiger charge is 2.29. The first-order valence-corrected chi connectivity index (χ1v) is 16.0. The number of nitrogens with zero attached hydrogens (tertiary/aromatic N) is 2. The third-order valence-corrected chi connectivity index (χ3v) is 9.65. The number of anilines is 1. The average Bonchev–Trinajstić information content (AvgIpc) is 3.48. The molecule has 1 aliphatic heterocycles. The minimum Gasteiger partial charge on any atom is -0.464 e. The lowest BCUT2D eigenvalue weighted by Crippen LogP contribution is -2.36. The van der Waals surface area contributed by atoms with Gasteiger partial charge in [-0.15, -0.1) is 0 Å². The zero-order valence-corrected chi connectivity index (χ0v) is 22.5. The molecule has 4 aromatic rings. The van der Waals surface area contributed by atoms with Gasteiger partial charge >= 0.3 is 0 Å². The van der Waals surface area contributed by atoms with Crippen LogP contribution in [0.1, 0.15) is 17.8 Å². The molecule has 196 valence electrons. The van der Waals surface area contributed by atoms with Gasteiger partial charge in [0.2, 0.25) is 5.52 Å². The van der Waals surface area contributed by atoms with Crippen LogP contribution in [0.25, 0.3) is 27.3 Å². The number of hydrogen-bond acceptors (Lipinski definition) is 8. The summed E-state index contributed by atoms with van der Waals surface area (Å²) in [4.78, 5) is 2.62. The lowest BCUT2D eigenvalue weighted by Gasteiger charge is -2.19. The van der Waals surface area contributed by atoms with Gasteiger partial charge in [0.05, 0.1) is 39.9 Å². The highest BCUT2D eigenvalue weighted by molar-refractivity contribution is 8.04. The minimum atomic E-state index is -4.15. The van der Waals surface area contributed by atoms with E-state index in [2.05, 4.69) is 0 Å². The predicted molar refractivity (Wildman–Crippen MR) is 141 cm³/mol. The number of furan rings is 1. The van der Waals surface area contributed by atoms with Crippen LogP contribution in [0.15, 0.2) is 57.0 Å². The number of benzene rings is 2. The van der Waals surface area contributed by atoms with Crippen molar-refractivity contribution in [3.05, 3.63) is 58.5 Å². The molecular formula is C23H22FN2O7S4+. The largest absolute Gasteiger partial charge is 0.464 e. The summed E-state index contributed by atoms with van der Waals surface area (Å²) in [6.45, 7) is 0.535. The predicted octanol–water partition coefficient (Wildman–Crippen LogP) is 4.54. The van der Waals surface area contributed by atoms with E-state index in [0.717, 1.165) is 30.5 Å². The molecule has 0 atom stereocenters. The fraction of sp³-hybridized carbons (Fsp3) is 0.261. The summed E-state index contributed by atoms with van der Waals surface area (Å²) in [5, 5.41) is 2.38. The number of halogens is 1. The third kappa shape index (κ3) is 5.84. The number of thioether (sulfide) groups is 1. The molecule has 0 saturated heterocycles. The van der Waals surface area contributed by atoms with Gasteiger partial charge in [0.15, 0.2) is 6.54 Å². The first-order chi connectivity index (χ1) is 17.5. The van der Waals surface area contributed by atoms with Crippen molar-refractivity contribution in [3.8, 4) is 0 Å². The summed E-state index contributed by atoms with van der Waals surface area (Å²) in [6.07, 6.45) is 3.79. The molecule has 0 amide bonds. The molecule has 2 N–H and O–H groups in total. The molecule has 2 aromatic heterocycles. The van der Waals surface area contributed by atoms with Gasteiger partial charge in [-0.05, 0) is 42.8 Å². The normalized spacial score (nSPS) is 15.3. The maximum atomic E-state index is 14.1. The van der Waals surface area contributed by atoms with E-state index in [1.807, 2.05) is 33.7 Å². The molecule has 0 saturated carbocycles. The second-order valence-corrected chi connectivity index (χ2v) is 13.7. The maximum absolute atomic E-state index is 14.1. The van der Waals surface area contributed by atoms with Crippen molar-refractivity contribution < 1.29 is 39.3 Å². The van der Waals surface area contributed by atoms with Crippen molar-refractivity contribution in [1.29, 1.82) is 0 Å². The molecule has 2 aromatic carbocycles. The monoisotopic (exact) mass is 585 g/mol. The van der Waals surface area contributed by atoms with Crippen LogP contribution in [-0.2, 0) is 26.8 Å². The summed E-state index contributed by atoms with van der Waals surface area (Å²) < 4.78 is 86.2. The third-order valence-electron chi connectivity index (χ3n) is 5.83. The molecule has 14 heteroatoms. The highest BCUT2D eigenvalue weighted by atomic mass is 32.2. The van der Waals surface area contributed by atoms with Crippen molar-refractivity contribution in [3.63, 3.8) is 0 Å². The fourth-order valence-electron chi connectivity index (χ4n) is 4.30. The second-order valence-electron chi connectivity index (χ2n) is 8.46. The van der Waals surface area contributed by atoms with Crippen LogP contribution in [0.4, 0.5) is 10.1 Å². The van der Waals surface area contributed by atoms with E-state index in [0.29, 0.717) is 17.8 Å². The van der Waals surface area contributed by atoms with Crippen LogP contribution >= 0.6 is 23.1 Å². The van der Waals surface area contributed by atoms with Gasteiger partial charge in [-0.1, -0.05) is 23.1 Å². The second kappa shape index (κ2) is 10.0. The van der Waals surface area contributed by atoms with Crippen LogP contribution in [0, 0.1) is 5.82 Å². The van der Waals surface area contributed by atoms with Gasteiger partial charge in [0, 0.05) is 17.9 Å². The molecule has 37 heavy (non-hydrogen) atoms. The Balaban J connectivity index is 1.58. The lowest BCUT2D eigenvalue weighted by atomic mass is 10.2. The zero-order chi connectivity index (χ0) is 26.4. The number of fused-ring (bicyclic) bond motifs is 4. The van der Waals surface area contributed by atoms with E-state index in [9.17, 15) is 25.8 Å². The molecule has 9 nitrogen and oxygen atoms in total. The van der Waals surface area contributed by atoms with Crippen molar-refractivity contribution in [2.75, 3.05) is 23.0 Å². The van der Waals surface area contributed by atoms with Crippen molar-refractivity contribution in [1.82, 2.24) is 0 Å². The van der Waals surface area contributed by atoms with Crippen molar-refractivity contribution in [2.24, 2.45) is 0 Å². The number of thiazole rings is 1. The van der Waals surface area contributed by atoms with Crippen molar-refractivity contribution >= 4 is 76.3 Å². The van der Waals surface area contributed by atoms with Gasteiger partial charge in [-0.25, -0.2) is 4.39 Å². The number of rotatable bonds is 9. The van der Waals surface area contributed by atoms with Crippen LogP contribution in [0.3, 0.4) is 0 Å². The molecule has 0 radical (unpaired) electrons. The Hall–Kier alpha value is -2.49. The minimum absolute atomic E-state index is 0.128.